The van der Waals surface area contributed by atoms with E-state index in [4.69, 9.17) is 18.3 Å². The van der Waals surface area contributed by atoms with E-state index < -0.39 is 5.60 Å². The highest BCUT2D eigenvalue weighted by Gasteiger charge is 2.43. The molecule has 0 N–H and O–H groups in total. The fourth-order valence-corrected chi connectivity index (χ4v) is 3.45. The number of nitrogens with zero attached hydrogens (tertiary/aromatic N) is 2. The lowest BCUT2D eigenvalue weighted by Crippen LogP contribution is -2.60. The molecule has 134 valence electrons. The summed E-state index contributed by atoms with van der Waals surface area (Å²) in [6, 6.07) is 5.75. The van der Waals surface area contributed by atoms with Crippen molar-refractivity contribution in [2.24, 2.45) is 0 Å². The molecule has 1 amide bonds. The maximum atomic E-state index is 12.3. The van der Waals surface area contributed by atoms with Crippen molar-refractivity contribution in [2.45, 2.75) is 19.1 Å². The molecule has 1 atom stereocenters. The molecule has 2 fully saturated rings. The normalized spacial score (nSPS) is 25.5. The second-order valence-corrected chi connectivity index (χ2v) is 6.71. The predicted molar refractivity (Wildman–Crippen MR) is 89.3 cm³/mol. The molecule has 4 heterocycles. The number of hydrogen-bond acceptors (Lipinski definition) is 6. The molecular weight excluding hydrogens is 324 g/mol. The van der Waals surface area contributed by atoms with E-state index in [0.717, 1.165) is 23.8 Å². The Morgan fingerprint density at radius 1 is 1.24 bits per heavy atom. The Morgan fingerprint density at radius 2 is 2.16 bits per heavy atom. The van der Waals surface area contributed by atoms with Gasteiger partial charge in [0.25, 0.3) is 5.91 Å². The van der Waals surface area contributed by atoms with Gasteiger partial charge in [-0.1, -0.05) is 0 Å². The Balaban J connectivity index is 1.51. The standard InChI is InChI=1S/C18H22N2O5/c1-14-2-3-16(25-14)8-19-5-7-23-13-18(11-19)12-20(17(21)10-24-18)15-4-6-22-9-15/h2-4,6,9H,5,7-8,10-13H2,1H3/t18-/m1/s1. The summed E-state index contributed by atoms with van der Waals surface area (Å²) in [6.07, 6.45) is 3.15. The second-order valence-electron chi connectivity index (χ2n) is 6.71. The van der Waals surface area contributed by atoms with Crippen LogP contribution >= 0.6 is 0 Å². The van der Waals surface area contributed by atoms with Crippen molar-refractivity contribution in [3.8, 4) is 0 Å². The van der Waals surface area contributed by atoms with E-state index in [1.54, 1.807) is 23.5 Å². The lowest BCUT2D eigenvalue weighted by atomic mass is 10.0. The number of carbonyl (C=O) groups is 1. The first-order valence-electron chi connectivity index (χ1n) is 8.46. The first kappa shape index (κ1) is 16.4. The van der Waals surface area contributed by atoms with Crippen LogP contribution in [-0.4, -0.2) is 55.9 Å². The van der Waals surface area contributed by atoms with E-state index in [1.165, 1.54) is 0 Å². The monoisotopic (exact) mass is 346 g/mol. The fraction of sp³-hybridized carbons (Fsp3) is 0.500. The van der Waals surface area contributed by atoms with Crippen molar-refractivity contribution >= 4 is 11.6 Å². The van der Waals surface area contributed by atoms with E-state index >= 15 is 0 Å². The molecule has 7 nitrogen and oxygen atoms in total. The maximum absolute atomic E-state index is 12.3. The molecular formula is C18H22N2O5. The Kier molecular flexibility index (Phi) is 4.37. The lowest BCUT2D eigenvalue weighted by Gasteiger charge is -2.42. The average molecular weight is 346 g/mol. The van der Waals surface area contributed by atoms with Crippen LogP contribution in [0.2, 0.25) is 0 Å². The number of furan rings is 2. The third kappa shape index (κ3) is 3.49. The quantitative estimate of drug-likeness (QED) is 0.844. The summed E-state index contributed by atoms with van der Waals surface area (Å²) >= 11 is 0. The number of hydrogen-bond donors (Lipinski definition) is 0. The van der Waals surface area contributed by atoms with Crippen molar-refractivity contribution in [3.05, 3.63) is 42.2 Å². The summed E-state index contributed by atoms with van der Waals surface area (Å²) in [6.45, 7) is 5.68. The van der Waals surface area contributed by atoms with Crippen LogP contribution in [0, 0.1) is 6.92 Å². The van der Waals surface area contributed by atoms with E-state index in [9.17, 15) is 4.79 Å². The third-order valence-electron chi connectivity index (χ3n) is 4.67. The summed E-state index contributed by atoms with van der Waals surface area (Å²) < 4.78 is 22.6. The van der Waals surface area contributed by atoms with E-state index in [0.29, 0.717) is 32.8 Å². The van der Waals surface area contributed by atoms with Crippen molar-refractivity contribution < 1.29 is 23.1 Å². The Hall–Kier alpha value is -2.09. The molecule has 2 saturated heterocycles. The van der Waals surface area contributed by atoms with Crippen LogP contribution in [0.15, 0.2) is 39.6 Å². The number of carbonyl (C=O) groups excluding carboxylic acids is 1. The molecule has 0 aromatic carbocycles. The van der Waals surface area contributed by atoms with Gasteiger partial charge in [0, 0.05) is 19.2 Å². The Labute approximate surface area is 146 Å². The molecule has 2 aromatic heterocycles. The number of morpholine rings is 1. The molecule has 2 aliphatic heterocycles. The predicted octanol–water partition coefficient (Wildman–Crippen LogP) is 1.82. The van der Waals surface area contributed by atoms with Gasteiger partial charge >= 0.3 is 0 Å². The highest BCUT2D eigenvalue weighted by atomic mass is 16.6. The minimum absolute atomic E-state index is 0.0439. The molecule has 2 aliphatic rings. The van der Waals surface area contributed by atoms with E-state index in [-0.39, 0.29) is 12.5 Å². The van der Waals surface area contributed by atoms with Gasteiger partial charge in [-0.25, -0.2) is 0 Å². The van der Waals surface area contributed by atoms with Crippen LogP contribution in [0.4, 0.5) is 5.69 Å². The summed E-state index contributed by atoms with van der Waals surface area (Å²) in [5.41, 5.74) is 0.202. The molecule has 1 spiro atoms. The number of aryl methyl sites for hydroxylation is 1. The third-order valence-corrected chi connectivity index (χ3v) is 4.67. The van der Waals surface area contributed by atoms with Crippen LogP contribution < -0.4 is 4.90 Å². The largest absolute Gasteiger partial charge is 0.470 e. The molecule has 0 radical (unpaired) electrons. The summed E-state index contributed by atoms with van der Waals surface area (Å²) in [7, 11) is 0. The van der Waals surface area contributed by atoms with Gasteiger partial charge in [-0.2, -0.15) is 0 Å². The van der Waals surface area contributed by atoms with Crippen molar-refractivity contribution in [1.29, 1.82) is 0 Å². The number of anilines is 1. The van der Waals surface area contributed by atoms with Crippen LogP contribution in [0.3, 0.4) is 0 Å². The van der Waals surface area contributed by atoms with Gasteiger partial charge in [0.15, 0.2) is 0 Å². The number of rotatable bonds is 3. The average Bonchev–Trinajstić information content (AvgIpc) is 3.22. The number of amides is 1. The van der Waals surface area contributed by atoms with Crippen LogP contribution in [0.1, 0.15) is 11.5 Å². The molecule has 0 bridgehead atoms. The van der Waals surface area contributed by atoms with Gasteiger partial charge in [0.1, 0.15) is 30.0 Å². The zero-order chi connectivity index (χ0) is 17.3. The smallest absolute Gasteiger partial charge is 0.253 e. The van der Waals surface area contributed by atoms with Gasteiger partial charge in [-0.15, -0.1) is 0 Å². The molecule has 25 heavy (non-hydrogen) atoms. The van der Waals surface area contributed by atoms with Crippen molar-refractivity contribution in [3.63, 3.8) is 0 Å². The SMILES string of the molecule is Cc1ccc(CN2CCOC[C@@]3(C2)CN(c2ccoc2)C(=O)CO3)o1. The maximum Gasteiger partial charge on any atom is 0.253 e. The molecule has 0 saturated carbocycles. The second kappa shape index (κ2) is 6.67. The topological polar surface area (TPSA) is 68.3 Å². The summed E-state index contributed by atoms with van der Waals surface area (Å²) in [5.74, 6) is 1.76. The molecule has 2 aromatic rings. The van der Waals surface area contributed by atoms with E-state index in [1.807, 2.05) is 19.1 Å². The summed E-state index contributed by atoms with van der Waals surface area (Å²) in [4.78, 5) is 16.2. The fourth-order valence-electron chi connectivity index (χ4n) is 3.45. The zero-order valence-corrected chi connectivity index (χ0v) is 14.3. The van der Waals surface area contributed by atoms with Gasteiger partial charge < -0.3 is 23.2 Å². The van der Waals surface area contributed by atoms with Crippen LogP contribution in [0.25, 0.3) is 0 Å². The summed E-state index contributed by atoms with van der Waals surface area (Å²) in [5, 5.41) is 0. The van der Waals surface area contributed by atoms with Crippen LogP contribution in [0.5, 0.6) is 0 Å². The number of ether oxygens (including phenoxy) is 2. The Morgan fingerprint density at radius 3 is 2.92 bits per heavy atom. The van der Waals surface area contributed by atoms with Gasteiger partial charge in [0.05, 0.1) is 38.3 Å². The first-order chi connectivity index (χ1) is 12.1. The minimum Gasteiger partial charge on any atom is -0.470 e. The molecule has 0 aliphatic carbocycles. The van der Waals surface area contributed by atoms with Crippen molar-refractivity contribution in [2.75, 3.05) is 44.4 Å². The minimum atomic E-state index is -0.552. The van der Waals surface area contributed by atoms with Gasteiger partial charge in [-0.05, 0) is 19.1 Å². The van der Waals surface area contributed by atoms with Gasteiger partial charge in [-0.3, -0.25) is 9.69 Å². The molecule has 4 rings (SSSR count). The zero-order valence-electron chi connectivity index (χ0n) is 14.3. The lowest BCUT2D eigenvalue weighted by molar-refractivity contribution is -0.146. The highest BCUT2D eigenvalue weighted by molar-refractivity contribution is 5.95. The Bertz CT molecular complexity index is 726. The van der Waals surface area contributed by atoms with Crippen molar-refractivity contribution in [1.82, 2.24) is 4.90 Å². The van der Waals surface area contributed by atoms with Crippen LogP contribution in [-0.2, 0) is 20.8 Å². The van der Waals surface area contributed by atoms with Gasteiger partial charge in [0.2, 0.25) is 0 Å². The molecule has 7 heteroatoms. The first-order valence-corrected chi connectivity index (χ1v) is 8.46. The highest BCUT2D eigenvalue weighted by Crippen LogP contribution is 2.28. The molecule has 0 unspecified atom stereocenters. The van der Waals surface area contributed by atoms with E-state index in [2.05, 4.69) is 4.90 Å².